The summed E-state index contributed by atoms with van der Waals surface area (Å²) in [6, 6.07) is 0. The molecule has 0 aromatic carbocycles. The normalized spacial score (nSPS) is 41.6. The van der Waals surface area contributed by atoms with Gasteiger partial charge in [-0.05, 0) is 27.7 Å². The van der Waals surface area contributed by atoms with E-state index in [1.807, 2.05) is 48.5 Å². The lowest BCUT2D eigenvalue weighted by atomic mass is 9.99. The minimum Gasteiger partial charge on any atom is -0.622 e. The van der Waals surface area contributed by atoms with Crippen LogP contribution in [0.15, 0.2) is 0 Å². The standard InChI is InChI=1S/C17H29NO6/c1-15(2,3)9-18(19)14-13-12(23-17(6,7)24-13)11(21-14)10-8-20-16(4,5)22-10/h9-14H,8H2,1-7H3/b18-9-/t10-,11-,12+,13+,14+/m1/s1. The molecule has 0 aliphatic carbocycles. The summed E-state index contributed by atoms with van der Waals surface area (Å²) in [5.41, 5.74) is -0.261. The van der Waals surface area contributed by atoms with Crippen LogP contribution in [0, 0.1) is 10.6 Å². The minimum atomic E-state index is -0.757. The van der Waals surface area contributed by atoms with Crippen LogP contribution in [0.5, 0.6) is 0 Å². The van der Waals surface area contributed by atoms with Crippen LogP contribution >= 0.6 is 0 Å². The van der Waals surface area contributed by atoms with Gasteiger partial charge in [-0.25, -0.2) is 0 Å². The van der Waals surface area contributed by atoms with Crippen molar-refractivity contribution in [3.63, 3.8) is 0 Å². The maximum atomic E-state index is 12.6. The van der Waals surface area contributed by atoms with Gasteiger partial charge in [0.1, 0.15) is 18.3 Å². The Bertz CT molecular complexity index is 524. The summed E-state index contributed by atoms with van der Waals surface area (Å²) in [6.07, 6.45) is -0.674. The summed E-state index contributed by atoms with van der Waals surface area (Å²) < 4.78 is 30.4. The van der Waals surface area contributed by atoms with Gasteiger partial charge in [0.25, 0.3) is 6.23 Å². The molecule has 0 saturated carbocycles. The molecule has 3 fully saturated rings. The third-order valence-electron chi connectivity index (χ3n) is 4.23. The van der Waals surface area contributed by atoms with E-state index in [1.165, 1.54) is 0 Å². The van der Waals surface area contributed by atoms with Gasteiger partial charge in [-0.15, -0.1) is 0 Å². The maximum Gasteiger partial charge on any atom is 0.297 e. The summed E-state index contributed by atoms with van der Waals surface area (Å²) >= 11 is 0. The highest BCUT2D eigenvalue weighted by Gasteiger charge is 2.62. The number of rotatable bonds is 2. The van der Waals surface area contributed by atoms with Crippen LogP contribution in [-0.2, 0) is 23.7 Å². The molecule has 3 heterocycles. The molecular weight excluding hydrogens is 314 g/mol. The quantitative estimate of drug-likeness (QED) is 0.331. The van der Waals surface area contributed by atoms with Crippen molar-refractivity contribution in [1.29, 1.82) is 0 Å². The van der Waals surface area contributed by atoms with Gasteiger partial charge < -0.3 is 28.9 Å². The predicted octanol–water partition coefficient (Wildman–Crippen LogP) is 2.01. The van der Waals surface area contributed by atoms with Gasteiger partial charge in [-0.3, -0.25) is 0 Å². The van der Waals surface area contributed by atoms with Crippen molar-refractivity contribution in [3.8, 4) is 0 Å². The molecule has 0 bridgehead atoms. The molecule has 3 aliphatic heterocycles. The fraction of sp³-hybridized carbons (Fsp3) is 0.941. The van der Waals surface area contributed by atoms with Gasteiger partial charge in [0.2, 0.25) is 0 Å². The van der Waals surface area contributed by atoms with Gasteiger partial charge in [-0.1, -0.05) is 20.8 Å². The third kappa shape index (κ3) is 3.60. The zero-order chi connectivity index (χ0) is 17.9. The second-order valence-corrected chi connectivity index (χ2v) is 8.78. The van der Waals surface area contributed by atoms with E-state index in [-0.39, 0.29) is 17.6 Å². The van der Waals surface area contributed by atoms with E-state index in [4.69, 9.17) is 23.7 Å². The van der Waals surface area contributed by atoms with Crippen LogP contribution < -0.4 is 0 Å². The topological polar surface area (TPSA) is 72.2 Å². The van der Waals surface area contributed by atoms with E-state index >= 15 is 0 Å². The molecule has 0 aromatic heterocycles. The molecular formula is C17H29NO6. The monoisotopic (exact) mass is 343 g/mol. The van der Waals surface area contributed by atoms with Crippen molar-refractivity contribution >= 4 is 6.21 Å². The van der Waals surface area contributed by atoms with E-state index in [0.717, 1.165) is 4.74 Å². The fourth-order valence-electron chi connectivity index (χ4n) is 3.44. The van der Waals surface area contributed by atoms with Crippen LogP contribution in [0.3, 0.4) is 0 Å². The molecule has 24 heavy (non-hydrogen) atoms. The Hall–Kier alpha value is -0.730. The SMILES string of the molecule is CC(C)(C)/C=[N+](\[O-])[C@H]1O[C@H]([C@H]2COC(C)(C)O2)[C@@H]2OC(C)(C)O[C@@H]21. The first-order valence-electron chi connectivity index (χ1n) is 8.51. The average Bonchev–Trinajstić information content (AvgIpc) is 2.97. The van der Waals surface area contributed by atoms with Crippen LogP contribution in [-0.4, -0.2) is 59.8 Å². The van der Waals surface area contributed by atoms with Crippen LogP contribution in [0.4, 0.5) is 0 Å². The number of nitrogens with zero attached hydrogens (tertiary/aromatic N) is 1. The van der Waals surface area contributed by atoms with E-state index in [1.54, 1.807) is 6.21 Å². The molecule has 0 spiro atoms. The summed E-state index contributed by atoms with van der Waals surface area (Å²) in [6.45, 7) is 13.7. The van der Waals surface area contributed by atoms with Crippen molar-refractivity contribution in [3.05, 3.63) is 5.21 Å². The minimum absolute atomic E-state index is 0.261. The molecule has 0 aromatic rings. The first-order chi connectivity index (χ1) is 10.9. The first kappa shape index (κ1) is 18.1. The lowest BCUT2D eigenvalue weighted by molar-refractivity contribution is -0.565. The van der Waals surface area contributed by atoms with E-state index in [0.29, 0.717) is 6.61 Å². The number of hydrogen-bond acceptors (Lipinski definition) is 6. The van der Waals surface area contributed by atoms with E-state index in [9.17, 15) is 5.21 Å². The Morgan fingerprint density at radius 3 is 2.12 bits per heavy atom. The van der Waals surface area contributed by atoms with Gasteiger partial charge in [0.15, 0.2) is 23.9 Å². The van der Waals surface area contributed by atoms with Crippen LogP contribution in [0.1, 0.15) is 48.5 Å². The lowest BCUT2D eigenvalue weighted by Gasteiger charge is -2.26. The molecule has 7 heteroatoms. The fourth-order valence-corrected chi connectivity index (χ4v) is 3.44. The van der Waals surface area contributed by atoms with Crippen LogP contribution in [0.25, 0.3) is 0 Å². The highest BCUT2D eigenvalue weighted by molar-refractivity contribution is 5.58. The second kappa shape index (κ2) is 5.64. The second-order valence-electron chi connectivity index (χ2n) is 8.78. The Morgan fingerprint density at radius 2 is 1.58 bits per heavy atom. The average molecular weight is 343 g/mol. The Morgan fingerprint density at radius 1 is 0.958 bits per heavy atom. The van der Waals surface area contributed by atoms with Gasteiger partial charge >= 0.3 is 0 Å². The molecule has 0 unspecified atom stereocenters. The maximum absolute atomic E-state index is 12.6. The Balaban J connectivity index is 1.84. The highest BCUT2D eigenvalue weighted by Crippen LogP contribution is 2.42. The largest absolute Gasteiger partial charge is 0.622 e. The first-order valence-corrected chi connectivity index (χ1v) is 8.51. The van der Waals surface area contributed by atoms with Crippen molar-refractivity contribution in [2.45, 2.75) is 90.7 Å². The number of hydrogen-bond donors (Lipinski definition) is 0. The van der Waals surface area contributed by atoms with Gasteiger partial charge in [-0.2, -0.15) is 4.74 Å². The molecule has 5 atom stereocenters. The molecule has 3 rings (SSSR count). The molecule has 0 N–H and O–H groups in total. The number of ether oxygens (including phenoxy) is 5. The van der Waals surface area contributed by atoms with Crippen molar-refractivity contribution in [2.75, 3.05) is 6.61 Å². The third-order valence-corrected chi connectivity index (χ3v) is 4.23. The van der Waals surface area contributed by atoms with Gasteiger partial charge in [0.05, 0.1) is 6.61 Å². The molecule has 0 amide bonds. The zero-order valence-corrected chi connectivity index (χ0v) is 15.6. The number of fused-ring (bicyclic) bond motifs is 1. The summed E-state index contributed by atoms with van der Waals surface area (Å²) in [4.78, 5) is 0. The van der Waals surface area contributed by atoms with E-state index in [2.05, 4.69) is 0 Å². The zero-order valence-electron chi connectivity index (χ0n) is 15.6. The summed E-state index contributed by atoms with van der Waals surface area (Å²) in [7, 11) is 0. The summed E-state index contributed by atoms with van der Waals surface area (Å²) in [5.74, 6) is -1.42. The molecule has 7 nitrogen and oxygen atoms in total. The van der Waals surface area contributed by atoms with Gasteiger partial charge in [0, 0.05) is 5.41 Å². The molecule has 3 aliphatic rings. The van der Waals surface area contributed by atoms with Crippen LogP contribution in [0.2, 0.25) is 0 Å². The van der Waals surface area contributed by atoms with Crippen molar-refractivity contribution in [2.24, 2.45) is 5.41 Å². The Kier molecular flexibility index (Phi) is 4.25. The highest BCUT2D eigenvalue weighted by atomic mass is 16.8. The predicted molar refractivity (Wildman–Crippen MR) is 86.5 cm³/mol. The molecule has 0 radical (unpaired) electrons. The Labute approximate surface area is 143 Å². The number of hydroxylamine groups is 1. The molecule has 3 saturated heterocycles. The molecule has 138 valence electrons. The van der Waals surface area contributed by atoms with E-state index < -0.39 is 30.0 Å². The lowest BCUT2D eigenvalue weighted by Crippen LogP contribution is -2.40. The van der Waals surface area contributed by atoms with Crippen molar-refractivity contribution < 1.29 is 28.4 Å². The summed E-state index contributed by atoms with van der Waals surface area (Å²) in [5, 5.41) is 12.6. The van der Waals surface area contributed by atoms with Crippen molar-refractivity contribution in [1.82, 2.24) is 0 Å². The smallest absolute Gasteiger partial charge is 0.297 e.